The molecule has 0 aromatic heterocycles. The van der Waals surface area contributed by atoms with E-state index >= 15 is 0 Å². The number of halogens is 2. The Hall–Kier alpha value is -1.04. The molecular formula is C13H18F2N2O. The molecule has 3 nitrogen and oxygen atoms in total. The molecule has 1 aliphatic heterocycles. The van der Waals surface area contributed by atoms with Crippen molar-refractivity contribution in [2.24, 2.45) is 11.8 Å². The van der Waals surface area contributed by atoms with Crippen molar-refractivity contribution in [3.63, 3.8) is 0 Å². The third-order valence-corrected chi connectivity index (χ3v) is 3.36. The number of ether oxygens (including phenoxy) is 1. The zero-order valence-corrected chi connectivity index (χ0v) is 10.2. The van der Waals surface area contributed by atoms with Gasteiger partial charge in [0.2, 0.25) is 0 Å². The van der Waals surface area contributed by atoms with Crippen LogP contribution in [0, 0.1) is 17.6 Å². The van der Waals surface area contributed by atoms with E-state index in [2.05, 4.69) is 5.43 Å². The van der Waals surface area contributed by atoms with E-state index in [-0.39, 0.29) is 12.0 Å². The summed E-state index contributed by atoms with van der Waals surface area (Å²) < 4.78 is 31.6. The first-order valence-electron chi connectivity index (χ1n) is 6.18. The molecule has 1 fully saturated rings. The number of rotatable bonds is 4. The van der Waals surface area contributed by atoms with Crippen LogP contribution in [0.3, 0.4) is 0 Å². The topological polar surface area (TPSA) is 47.3 Å². The molecule has 18 heavy (non-hydrogen) atoms. The summed E-state index contributed by atoms with van der Waals surface area (Å²) in [6.07, 6.45) is 2.52. The summed E-state index contributed by atoms with van der Waals surface area (Å²) in [5.74, 6) is 4.71. The van der Waals surface area contributed by atoms with E-state index in [1.165, 1.54) is 12.1 Å². The monoisotopic (exact) mass is 256 g/mol. The maximum atomic E-state index is 13.1. The highest BCUT2D eigenvalue weighted by Gasteiger charge is 2.23. The molecule has 2 unspecified atom stereocenters. The van der Waals surface area contributed by atoms with Crippen molar-refractivity contribution >= 4 is 0 Å². The third-order valence-electron chi connectivity index (χ3n) is 3.36. The highest BCUT2D eigenvalue weighted by molar-refractivity contribution is 5.19. The second-order valence-corrected chi connectivity index (χ2v) is 4.73. The number of hydrogen-bond donors (Lipinski definition) is 2. The molecule has 1 aromatic carbocycles. The summed E-state index contributed by atoms with van der Waals surface area (Å²) >= 11 is 0. The van der Waals surface area contributed by atoms with Gasteiger partial charge in [0, 0.05) is 18.7 Å². The number of hydrazine groups is 1. The number of hydrogen-bond acceptors (Lipinski definition) is 3. The van der Waals surface area contributed by atoms with Crippen molar-refractivity contribution in [1.29, 1.82) is 0 Å². The number of nitrogens with one attached hydrogen (secondary N) is 1. The Kier molecular flexibility index (Phi) is 4.63. The summed E-state index contributed by atoms with van der Waals surface area (Å²) in [6, 6.07) is 3.54. The van der Waals surface area contributed by atoms with Gasteiger partial charge in [-0.1, -0.05) is 0 Å². The van der Waals surface area contributed by atoms with Gasteiger partial charge in [-0.3, -0.25) is 11.3 Å². The average Bonchev–Trinajstić information content (AvgIpc) is 2.36. The second kappa shape index (κ2) is 6.22. The second-order valence-electron chi connectivity index (χ2n) is 4.73. The van der Waals surface area contributed by atoms with Crippen LogP contribution >= 0.6 is 0 Å². The van der Waals surface area contributed by atoms with Crippen LogP contribution in [0.25, 0.3) is 0 Å². The van der Waals surface area contributed by atoms with Crippen LogP contribution in [0.15, 0.2) is 18.2 Å². The highest BCUT2D eigenvalue weighted by Crippen LogP contribution is 2.20. The van der Waals surface area contributed by atoms with Crippen molar-refractivity contribution in [2.75, 3.05) is 13.2 Å². The van der Waals surface area contributed by atoms with Gasteiger partial charge in [-0.15, -0.1) is 0 Å². The lowest BCUT2D eigenvalue weighted by atomic mass is 9.89. The molecule has 1 heterocycles. The minimum atomic E-state index is -0.555. The molecular weight excluding hydrogens is 238 g/mol. The fraction of sp³-hybridized carbons (Fsp3) is 0.538. The van der Waals surface area contributed by atoms with E-state index in [1.54, 1.807) is 0 Å². The van der Waals surface area contributed by atoms with Crippen LogP contribution in [-0.4, -0.2) is 19.3 Å². The minimum absolute atomic E-state index is 0.0218. The van der Waals surface area contributed by atoms with Gasteiger partial charge in [0.1, 0.15) is 11.6 Å². The lowest BCUT2D eigenvalue weighted by molar-refractivity contribution is 0.0393. The Morgan fingerprint density at radius 2 is 2.06 bits per heavy atom. The van der Waals surface area contributed by atoms with E-state index in [1.807, 2.05) is 0 Å². The predicted molar refractivity (Wildman–Crippen MR) is 64.7 cm³/mol. The van der Waals surface area contributed by atoms with Crippen LogP contribution in [0.5, 0.6) is 0 Å². The Bertz CT molecular complexity index is 374. The number of benzene rings is 1. The Balaban J connectivity index is 2.04. The van der Waals surface area contributed by atoms with Gasteiger partial charge in [-0.2, -0.15) is 0 Å². The molecule has 0 spiro atoms. The maximum Gasteiger partial charge on any atom is 0.126 e. The molecule has 3 N–H and O–H groups in total. The van der Waals surface area contributed by atoms with Crippen molar-refractivity contribution in [1.82, 2.24) is 5.43 Å². The molecule has 0 bridgehead atoms. The molecule has 0 amide bonds. The molecule has 0 aliphatic carbocycles. The van der Waals surface area contributed by atoms with Gasteiger partial charge < -0.3 is 4.74 Å². The van der Waals surface area contributed by atoms with Crippen molar-refractivity contribution in [3.8, 4) is 0 Å². The zero-order chi connectivity index (χ0) is 13.0. The Morgan fingerprint density at radius 1 is 1.33 bits per heavy atom. The Morgan fingerprint density at radius 3 is 2.61 bits per heavy atom. The van der Waals surface area contributed by atoms with Gasteiger partial charge in [0.05, 0.1) is 6.61 Å². The molecule has 2 atom stereocenters. The van der Waals surface area contributed by atoms with Crippen LogP contribution in [0.4, 0.5) is 8.78 Å². The summed E-state index contributed by atoms with van der Waals surface area (Å²) in [7, 11) is 0. The first-order valence-corrected chi connectivity index (χ1v) is 6.18. The lowest BCUT2D eigenvalue weighted by Crippen LogP contribution is -2.45. The van der Waals surface area contributed by atoms with E-state index < -0.39 is 11.6 Å². The van der Waals surface area contributed by atoms with Crippen molar-refractivity contribution in [3.05, 3.63) is 35.4 Å². The van der Waals surface area contributed by atoms with Gasteiger partial charge in [0.25, 0.3) is 0 Å². The molecule has 1 aromatic rings. The van der Waals surface area contributed by atoms with Gasteiger partial charge in [-0.25, -0.2) is 8.78 Å². The van der Waals surface area contributed by atoms with E-state index in [9.17, 15) is 8.78 Å². The van der Waals surface area contributed by atoms with Gasteiger partial charge in [0.15, 0.2) is 0 Å². The summed E-state index contributed by atoms with van der Waals surface area (Å²) in [4.78, 5) is 0. The van der Waals surface area contributed by atoms with Crippen LogP contribution in [-0.2, 0) is 11.2 Å². The molecule has 2 rings (SSSR count). The normalized spacial score (nSPS) is 21.8. The smallest absolute Gasteiger partial charge is 0.126 e. The largest absolute Gasteiger partial charge is 0.381 e. The van der Waals surface area contributed by atoms with E-state index in [4.69, 9.17) is 10.6 Å². The number of nitrogens with two attached hydrogens (primary N) is 1. The molecule has 100 valence electrons. The lowest BCUT2D eigenvalue weighted by Gasteiger charge is -2.29. The summed E-state index contributed by atoms with van der Waals surface area (Å²) in [6.45, 7) is 1.43. The molecule has 5 heteroatoms. The van der Waals surface area contributed by atoms with Crippen LogP contribution in [0.2, 0.25) is 0 Å². The quantitative estimate of drug-likeness (QED) is 0.637. The zero-order valence-electron chi connectivity index (χ0n) is 10.2. The fourth-order valence-electron chi connectivity index (χ4n) is 2.43. The fourth-order valence-corrected chi connectivity index (χ4v) is 2.43. The third kappa shape index (κ3) is 3.48. The summed E-state index contributed by atoms with van der Waals surface area (Å²) in [5, 5.41) is 0. The Labute approximate surface area is 105 Å². The van der Waals surface area contributed by atoms with E-state index in [0.29, 0.717) is 18.6 Å². The molecule has 0 saturated carbocycles. The molecule has 0 radical (unpaired) electrons. The van der Waals surface area contributed by atoms with Crippen molar-refractivity contribution in [2.45, 2.75) is 25.3 Å². The predicted octanol–water partition coefficient (Wildman–Crippen LogP) is 1.77. The van der Waals surface area contributed by atoms with Crippen LogP contribution in [0.1, 0.15) is 18.4 Å². The first kappa shape index (κ1) is 13.4. The van der Waals surface area contributed by atoms with Gasteiger partial charge in [-0.05, 0) is 42.9 Å². The van der Waals surface area contributed by atoms with Crippen LogP contribution < -0.4 is 11.3 Å². The minimum Gasteiger partial charge on any atom is -0.381 e. The van der Waals surface area contributed by atoms with Gasteiger partial charge >= 0.3 is 0 Å². The maximum absolute atomic E-state index is 13.1. The van der Waals surface area contributed by atoms with E-state index in [0.717, 1.165) is 25.5 Å². The first-order chi connectivity index (χ1) is 8.69. The van der Waals surface area contributed by atoms with Crippen molar-refractivity contribution < 1.29 is 13.5 Å². The highest BCUT2D eigenvalue weighted by atomic mass is 19.1. The summed E-state index contributed by atoms with van der Waals surface area (Å²) in [5.41, 5.74) is 3.35. The molecule has 1 saturated heterocycles. The SMILES string of the molecule is NNC(Cc1cc(F)cc(F)c1)C1CCCOC1. The average molecular weight is 256 g/mol. The molecule has 1 aliphatic rings. The standard InChI is InChI=1S/C13H18F2N2O/c14-11-4-9(5-12(15)7-11)6-13(17-16)10-2-1-3-18-8-10/h4-5,7,10,13,17H,1-3,6,8,16H2.